The average Bonchev–Trinajstić information content (AvgIpc) is 2.89. The molecule has 0 N–H and O–H groups in total. The summed E-state index contributed by atoms with van der Waals surface area (Å²) in [6.07, 6.45) is 6.17. The molecule has 3 rings (SSSR count). The van der Waals surface area contributed by atoms with Crippen molar-refractivity contribution in [3.63, 3.8) is 0 Å². The first kappa shape index (κ1) is 14.0. The summed E-state index contributed by atoms with van der Waals surface area (Å²) >= 11 is 3.49. The molecular formula is C15H13Br2N2+. The molecule has 1 heterocycles. The van der Waals surface area contributed by atoms with Gasteiger partial charge in [-0.2, -0.15) is 0 Å². The van der Waals surface area contributed by atoms with Crippen molar-refractivity contribution >= 4 is 32.9 Å². The van der Waals surface area contributed by atoms with Gasteiger partial charge in [0.05, 0.1) is 0 Å². The van der Waals surface area contributed by atoms with Crippen LogP contribution < -0.4 is 4.57 Å². The van der Waals surface area contributed by atoms with Crippen LogP contribution in [0.1, 0.15) is 0 Å². The van der Waals surface area contributed by atoms with Crippen molar-refractivity contribution < 1.29 is 4.57 Å². The normalized spacial score (nSPS) is 9.95. The molecule has 4 heteroatoms. The van der Waals surface area contributed by atoms with Gasteiger partial charge in [0, 0.05) is 4.47 Å². The molecule has 2 nitrogen and oxygen atoms in total. The van der Waals surface area contributed by atoms with Crippen LogP contribution in [-0.4, -0.2) is 4.57 Å². The number of aromatic nitrogens is 2. The van der Waals surface area contributed by atoms with Gasteiger partial charge in [0.1, 0.15) is 23.8 Å². The third-order valence-corrected chi connectivity index (χ3v) is 3.29. The van der Waals surface area contributed by atoms with E-state index in [4.69, 9.17) is 0 Å². The molecule has 0 atom stereocenters. The lowest BCUT2D eigenvalue weighted by Crippen LogP contribution is -2.27. The van der Waals surface area contributed by atoms with Crippen LogP contribution in [0.4, 0.5) is 0 Å². The van der Waals surface area contributed by atoms with Gasteiger partial charge in [-0.1, -0.05) is 40.2 Å². The van der Waals surface area contributed by atoms with Gasteiger partial charge in [-0.25, -0.2) is 9.13 Å². The Morgan fingerprint density at radius 2 is 1.74 bits per heavy atom. The maximum Gasteiger partial charge on any atom is 0.254 e. The summed E-state index contributed by atoms with van der Waals surface area (Å²) in [7, 11) is 0. The Labute approximate surface area is 131 Å². The van der Waals surface area contributed by atoms with Crippen LogP contribution in [0, 0.1) is 0 Å². The monoisotopic (exact) mass is 379 g/mol. The molecule has 2 aromatic carbocycles. The van der Waals surface area contributed by atoms with Crippen LogP contribution in [-0.2, 0) is 0 Å². The zero-order chi connectivity index (χ0) is 12.4. The Morgan fingerprint density at radius 1 is 0.947 bits per heavy atom. The minimum absolute atomic E-state index is 0. The van der Waals surface area contributed by atoms with Crippen LogP contribution >= 0.6 is 32.9 Å². The van der Waals surface area contributed by atoms with Crippen molar-refractivity contribution in [3.8, 4) is 11.4 Å². The highest BCUT2D eigenvalue weighted by atomic mass is 79.9. The molecule has 0 aliphatic heterocycles. The van der Waals surface area contributed by atoms with Crippen molar-refractivity contribution in [2.24, 2.45) is 0 Å². The second-order valence-electron chi connectivity index (χ2n) is 4.04. The predicted molar refractivity (Wildman–Crippen MR) is 85.3 cm³/mol. The van der Waals surface area contributed by atoms with E-state index in [1.54, 1.807) is 0 Å². The first-order valence-electron chi connectivity index (χ1n) is 5.73. The Kier molecular flexibility index (Phi) is 4.56. The lowest BCUT2D eigenvalue weighted by Gasteiger charge is -1.96. The van der Waals surface area contributed by atoms with Gasteiger partial charge in [-0.05, 0) is 30.3 Å². The third-order valence-electron chi connectivity index (χ3n) is 2.80. The van der Waals surface area contributed by atoms with Crippen LogP contribution in [0.5, 0.6) is 0 Å². The highest BCUT2D eigenvalue weighted by Gasteiger charge is 2.07. The Hall–Kier alpha value is -1.39. The summed E-state index contributed by atoms with van der Waals surface area (Å²) in [6, 6.07) is 18.5. The van der Waals surface area contributed by atoms with E-state index in [-0.39, 0.29) is 17.0 Å². The topological polar surface area (TPSA) is 8.81 Å². The van der Waals surface area contributed by atoms with Gasteiger partial charge in [0.2, 0.25) is 0 Å². The van der Waals surface area contributed by atoms with E-state index in [1.165, 1.54) is 0 Å². The molecular weight excluding hydrogens is 368 g/mol. The van der Waals surface area contributed by atoms with E-state index in [2.05, 4.69) is 68.1 Å². The number of para-hydroxylation sites is 1. The molecule has 96 valence electrons. The standard InChI is InChI=1S/C15H12BrN2.BrH/c16-13-5-4-8-15(11-13)18-10-9-17(12-18)14-6-2-1-3-7-14;/h1-12H;1H/q+1;. The SMILES string of the molecule is Br.Brc1cccc(-n2cc[n+](-c3ccccc3)c2)c1. The fourth-order valence-electron chi connectivity index (χ4n) is 1.90. The Morgan fingerprint density at radius 3 is 2.47 bits per heavy atom. The maximum absolute atomic E-state index is 3.49. The van der Waals surface area contributed by atoms with Gasteiger partial charge >= 0.3 is 0 Å². The minimum atomic E-state index is 0. The van der Waals surface area contributed by atoms with E-state index in [0.29, 0.717) is 0 Å². The highest BCUT2D eigenvalue weighted by Crippen LogP contribution is 2.14. The molecule has 0 fully saturated rings. The smallest absolute Gasteiger partial charge is 0.202 e. The molecule has 1 aromatic heterocycles. The second kappa shape index (κ2) is 6.17. The number of rotatable bonds is 2. The van der Waals surface area contributed by atoms with Crippen molar-refractivity contribution in [2.75, 3.05) is 0 Å². The maximum atomic E-state index is 3.49. The summed E-state index contributed by atoms with van der Waals surface area (Å²) in [4.78, 5) is 0. The zero-order valence-corrected chi connectivity index (χ0v) is 13.4. The fraction of sp³-hybridized carbons (Fsp3) is 0. The quantitative estimate of drug-likeness (QED) is 0.592. The number of hydrogen-bond donors (Lipinski definition) is 0. The fourth-order valence-corrected chi connectivity index (χ4v) is 2.28. The van der Waals surface area contributed by atoms with Crippen LogP contribution in [0.2, 0.25) is 0 Å². The minimum Gasteiger partial charge on any atom is -0.202 e. The van der Waals surface area contributed by atoms with Crippen molar-refractivity contribution in [3.05, 3.63) is 77.8 Å². The number of imidazole rings is 1. The largest absolute Gasteiger partial charge is 0.254 e. The molecule has 19 heavy (non-hydrogen) atoms. The summed E-state index contributed by atoms with van der Waals surface area (Å²) in [6.45, 7) is 0. The third kappa shape index (κ3) is 3.14. The number of benzene rings is 2. The molecule has 3 aromatic rings. The van der Waals surface area contributed by atoms with E-state index in [1.807, 2.05) is 30.3 Å². The van der Waals surface area contributed by atoms with E-state index >= 15 is 0 Å². The Balaban J connectivity index is 0.00000133. The van der Waals surface area contributed by atoms with E-state index < -0.39 is 0 Å². The average molecular weight is 381 g/mol. The first-order chi connectivity index (χ1) is 8.83. The molecule has 0 aliphatic rings. The van der Waals surface area contributed by atoms with Crippen LogP contribution in [0.3, 0.4) is 0 Å². The highest BCUT2D eigenvalue weighted by molar-refractivity contribution is 9.10. The first-order valence-corrected chi connectivity index (χ1v) is 6.53. The van der Waals surface area contributed by atoms with Crippen molar-refractivity contribution in [1.82, 2.24) is 4.57 Å². The summed E-state index contributed by atoms with van der Waals surface area (Å²) in [5, 5.41) is 0. The molecule has 0 aliphatic carbocycles. The van der Waals surface area contributed by atoms with Gasteiger partial charge in [0.15, 0.2) is 0 Å². The van der Waals surface area contributed by atoms with E-state index in [9.17, 15) is 0 Å². The van der Waals surface area contributed by atoms with Gasteiger partial charge < -0.3 is 0 Å². The summed E-state index contributed by atoms with van der Waals surface area (Å²) in [5.41, 5.74) is 2.30. The number of hydrogen-bond acceptors (Lipinski definition) is 0. The van der Waals surface area contributed by atoms with Crippen LogP contribution in [0.15, 0.2) is 77.8 Å². The molecule has 0 bridgehead atoms. The van der Waals surface area contributed by atoms with Crippen molar-refractivity contribution in [1.29, 1.82) is 0 Å². The number of nitrogens with zero attached hydrogens (tertiary/aromatic N) is 2. The van der Waals surface area contributed by atoms with Gasteiger partial charge in [-0.3, -0.25) is 0 Å². The Bertz CT molecular complexity index is 663. The van der Waals surface area contributed by atoms with Gasteiger partial charge in [-0.15, -0.1) is 17.0 Å². The molecule has 0 unspecified atom stereocenters. The van der Waals surface area contributed by atoms with E-state index in [0.717, 1.165) is 15.8 Å². The zero-order valence-electron chi connectivity index (χ0n) is 10.1. The summed E-state index contributed by atoms with van der Waals surface area (Å²) < 4.78 is 5.28. The number of halogens is 2. The predicted octanol–water partition coefficient (Wildman–Crippen LogP) is 4.09. The molecule has 0 radical (unpaired) electrons. The summed E-state index contributed by atoms with van der Waals surface area (Å²) in [5.74, 6) is 0. The molecule has 0 saturated carbocycles. The lowest BCUT2D eigenvalue weighted by atomic mass is 10.3. The van der Waals surface area contributed by atoms with Gasteiger partial charge in [0.25, 0.3) is 6.33 Å². The second-order valence-corrected chi connectivity index (χ2v) is 4.96. The molecule has 0 saturated heterocycles. The van der Waals surface area contributed by atoms with Crippen LogP contribution in [0.25, 0.3) is 11.4 Å². The molecule has 0 spiro atoms. The molecule has 0 amide bonds. The van der Waals surface area contributed by atoms with Crippen molar-refractivity contribution in [2.45, 2.75) is 0 Å². The lowest BCUT2D eigenvalue weighted by molar-refractivity contribution is -0.594.